The molecule has 0 aliphatic rings. The van der Waals surface area contributed by atoms with E-state index >= 15 is 0 Å². The molecule has 3 nitrogen and oxygen atoms in total. The number of hydrogen-bond acceptors (Lipinski definition) is 3. The summed E-state index contributed by atoms with van der Waals surface area (Å²) in [5.41, 5.74) is 0.732. The minimum atomic E-state index is 0.154. The molecule has 18 heavy (non-hydrogen) atoms. The van der Waals surface area contributed by atoms with Crippen molar-refractivity contribution in [1.82, 2.24) is 0 Å². The Morgan fingerprint density at radius 2 is 2.11 bits per heavy atom. The van der Waals surface area contributed by atoms with Gasteiger partial charge in [0.2, 0.25) is 0 Å². The van der Waals surface area contributed by atoms with Crippen LogP contribution in [0.15, 0.2) is 18.2 Å². The van der Waals surface area contributed by atoms with E-state index in [2.05, 4.69) is 22.6 Å². The Hall–Kier alpha value is -0.910. The Morgan fingerprint density at radius 3 is 2.72 bits per heavy atom. The van der Waals surface area contributed by atoms with Gasteiger partial charge in [-0.15, -0.1) is 0 Å². The fourth-order valence-corrected chi connectivity index (χ4v) is 2.41. The minimum absolute atomic E-state index is 0.154. The molecule has 0 saturated heterocycles. The number of unbranched alkanes of at least 4 members (excludes halogenated alkanes) is 3. The number of methoxy groups -OCH3 is 1. The van der Waals surface area contributed by atoms with Crippen molar-refractivity contribution in [2.24, 2.45) is 0 Å². The van der Waals surface area contributed by atoms with Crippen molar-refractivity contribution in [3.05, 3.63) is 27.3 Å². The van der Waals surface area contributed by atoms with Gasteiger partial charge < -0.3 is 9.53 Å². The molecule has 0 radical (unpaired) electrons. The van der Waals surface area contributed by atoms with E-state index in [4.69, 9.17) is 4.74 Å². The van der Waals surface area contributed by atoms with E-state index in [0.717, 1.165) is 40.4 Å². The van der Waals surface area contributed by atoms with E-state index in [1.165, 1.54) is 0 Å². The molecule has 1 rings (SSSR count). The van der Waals surface area contributed by atoms with Gasteiger partial charge in [0.15, 0.2) is 5.78 Å². The van der Waals surface area contributed by atoms with Gasteiger partial charge in [-0.1, -0.05) is 6.42 Å². The Bertz CT molecular complexity index is 416. The highest BCUT2D eigenvalue weighted by molar-refractivity contribution is 14.1. The van der Waals surface area contributed by atoms with Crippen LogP contribution >= 0.6 is 22.6 Å². The first-order chi connectivity index (χ1) is 8.69. The molecule has 0 bridgehead atoms. The highest BCUT2D eigenvalue weighted by Crippen LogP contribution is 2.22. The van der Waals surface area contributed by atoms with Crippen molar-refractivity contribution < 1.29 is 14.3 Å². The molecule has 0 atom stereocenters. The van der Waals surface area contributed by atoms with Crippen LogP contribution in [0.3, 0.4) is 0 Å². The molecule has 1 aromatic carbocycles. The van der Waals surface area contributed by atoms with Crippen LogP contribution in [-0.2, 0) is 4.79 Å². The lowest BCUT2D eigenvalue weighted by Gasteiger charge is -2.05. The topological polar surface area (TPSA) is 43.4 Å². The molecule has 0 amide bonds. The summed E-state index contributed by atoms with van der Waals surface area (Å²) in [6.45, 7) is 0. The number of rotatable bonds is 8. The van der Waals surface area contributed by atoms with Crippen LogP contribution in [0.25, 0.3) is 0 Å². The number of halogens is 1. The molecular formula is C14H17IO3. The quantitative estimate of drug-likeness (QED) is 0.308. The molecule has 4 heteroatoms. The van der Waals surface area contributed by atoms with Gasteiger partial charge in [-0.3, -0.25) is 4.79 Å². The van der Waals surface area contributed by atoms with Crippen molar-refractivity contribution >= 4 is 34.7 Å². The van der Waals surface area contributed by atoms with E-state index < -0.39 is 0 Å². The van der Waals surface area contributed by atoms with E-state index in [9.17, 15) is 9.59 Å². The predicted octanol–water partition coefficient (Wildman–Crippen LogP) is 3.63. The smallest absolute Gasteiger partial charge is 0.162 e. The van der Waals surface area contributed by atoms with Crippen LogP contribution in [0.2, 0.25) is 0 Å². The summed E-state index contributed by atoms with van der Waals surface area (Å²) in [7, 11) is 1.62. The summed E-state index contributed by atoms with van der Waals surface area (Å²) in [6, 6.07) is 5.48. The fraction of sp³-hybridized carbons (Fsp3) is 0.429. The highest BCUT2D eigenvalue weighted by Gasteiger charge is 2.08. The molecule has 0 fully saturated rings. The zero-order chi connectivity index (χ0) is 13.4. The zero-order valence-corrected chi connectivity index (χ0v) is 12.6. The van der Waals surface area contributed by atoms with Gasteiger partial charge in [0.1, 0.15) is 12.0 Å². The second kappa shape index (κ2) is 8.24. The van der Waals surface area contributed by atoms with Gasteiger partial charge >= 0.3 is 0 Å². The van der Waals surface area contributed by atoms with Crippen molar-refractivity contribution in [3.8, 4) is 5.75 Å². The van der Waals surface area contributed by atoms with Crippen LogP contribution in [0.4, 0.5) is 0 Å². The molecule has 98 valence electrons. The first-order valence-corrected chi connectivity index (χ1v) is 7.07. The summed E-state index contributed by atoms with van der Waals surface area (Å²) in [4.78, 5) is 22.1. The Kier molecular flexibility index (Phi) is 6.93. The molecule has 0 saturated carbocycles. The maximum absolute atomic E-state index is 11.9. The number of hydrogen-bond donors (Lipinski definition) is 0. The van der Waals surface area contributed by atoms with E-state index in [1.807, 2.05) is 12.1 Å². The summed E-state index contributed by atoms with van der Waals surface area (Å²) < 4.78 is 6.10. The number of benzene rings is 1. The third kappa shape index (κ3) is 4.76. The van der Waals surface area contributed by atoms with Crippen molar-refractivity contribution in [1.29, 1.82) is 0 Å². The molecule has 0 unspecified atom stereocenters. The number of ether oxygens (including phenoxy) is 1. The van der Waals surface area contributed by atoms with E-state index in [0.29, 0.717) is 12.8 Å². The zero-order valence-electron chi connectivity index (χ0n) is 10.4. The molecule has 0 aliphatic carbocycles. The minimum Gasteiger partial charge on any atom is -0.496 e. The third-order valence-corrected chi connectivity index (χ3v) is 3.54. The Morgan fingerprint density at radius 1 is 1.33 bits per heavy atom. The Balaban J connectivity index is 2.46. The van der Waals surface area contributed by atoms with Crippen LogP contribution in [-0.4, -0.2) is 19.2 Å². The number of carbonyl (C=O) groups is 2. The average Bonchev–Trinajstić information content (AvgIpc) is 2.38. The largest absolute Gasteiger partial charge is 0.496 e. The van der Waals surface area contributed by atoms with Gasteiger partial charge in [0.25, 0.3) is 0 Å². The monoisotopic (exact) mass is 360 g/mol. The van der Waals surface area contributed by atoms with Gasteiger partial charge in [-0.25, -0.2) is 0 Å². The van der Waals surface area contributed by atoms with Gasteiger partial charge in [-0.05, 0) is 53.6 Å². The summed E-state index contributed by atoms with van der Waals surface area (Å²) in [5.74, 6) is 0.944. The third-order valence-electron chi connectivity index (χ3n) is 2.70. The SMILES string of the molecule is COc1ccc(C(=O)CCCCCC=O)cc1I. The van der Waals surface area contributed by atoms with E-state index in [1.54, 1.807) is 13.2 Å². The lowest BCUT2D eigenvalue weighted by atomic mass is 10.0. The van der Waals surface area contributed by atoms with Gasteiger partial charge in [-0.2, -0.15) is 0 Å². The molecule has 0 spiro atoms. The molecule has 0 heterocycles. The normalized spacial score (nSPS) is 10.1. The second-order valence-corrected chi connectivity index (χ2v) is 5.20. The highest BCUT2D eigenvalue weighted by atomic mass is 127. The lowest BCUT2D eigenvalue weighted by Crippen LogP contribution is -2.00. The van der Waals surface area contributed by atoms with E-state index in [-0.39, 0.29) is 5.78 Å². The van der Waals surface area contributed by atoms with Crippen molar-refractivity contribution in [2.75, 3.05) is 7.11 Å². The molecular weight excluding hydrogens is 343 g/mol. The molecule has 0 N–H and O–H groups in total. The van der Waals surface area contributed by atoms with Gasteiger partial charge in [0, 0.05) is 18.4 Å². The summed E-state index contributed by atoms with van der Waals surface area (Å²) in [6.07, 6.45) is 4.70. The van der Waals surface area contributed by atoms with Gasteiger partial charge in [0.05, 0.1) is 10.7 Å². The maximum Gasteiger partial charge on any atom is 0.162 e. The molecule has 0 aromatic heterocycles. The molecule has 0 aliphatic heterocycles. The standard InChI is InChI=1S/C14H17IO3/c1-18-14-8-7-11(10-12(14)15)13(17)6-4-2-3-5-9-16/h7-10H,2-6H2,1H3. The molecule has 1 aromatic rings. The van der Waals surface area contributed by atoms with Crippen LogP contribution in [0.5, 0.6) is 5.75 Å². The van der Waals surface area contributed by atoms with Crippen LogP contribution in [0.1, 0.15) is 42.5 Å². The van der Waals surface area contributed by atoms with Crippen LogP contribution < -0.4 is 4.74 Å². The average molecular weight is 360 g/mol. The predicted molar refractivity (Wildman–Crippen MR) is 79.2 cm³/mol. The Labute approximate surface area is 121 Å². The summed E-state index contributed by atoms with van der Waals surface area (Å²) in [5, 5.41) is 0. The van der Waals surface area contributed by atoms with Crippen LogP contribution in [0, 0.1) is 3.57 Å². The van der Waals surface area contributed by atoms with Crippen molar-refractivity contribution in [2.45, 2.75) is 32.1 Å². The van der Waals surface area contributed by atoms with Crippen molar-refractivity contribution in [3.63, 3.8) is 0 Å². The number of carbonyl (C=O) groups excluding carboxylic acids is 2. The number of ketones is 1. The first kappa shape index (κ1) is 15.1. The second-order valence-electron chi connectivity index (χ2n) is 4.04. The number of aldehydes is 1. The maximum atomic E-state index is 11.9. The lowest BCUT2D eigenvalue weighted by molar-refractivity contribution is -0.107. The fourth-order valence-electron chi connectivity index (χ4n) is 1.67. The number of Topliss-reactive ketones (excluding diaryl/α,β-unsaturated/α-hetero) is 1. The first-order valence-electron chi connectivity index (χ1n) is 5.99. The summed E-state index contributed by atoms with van der Waals surface area (Å²) >= 11 is 2.16.